The zero-order valence-electron chi connectivity index (χ0n) is 8.74. The predicted molar refractivity (Wildman–Crippen MR) is 57.7 cm³/mol. The predicted octanol–water partition coefficient (Wildman–Crippen LogP) is 2.55. The minimum atomic E-state index is -0.458. The van der Waals surface area contributed by atoms with Crippen LogP contribution >= 0.6 is 0 Å². The summed E-state index contributed by atoms with van der Waals surface area (Å²) in [4.78, 5) is 15.6. The Hall–Kier alpha value is -1.97. The van der Waals surface area contributed by atoms with Crippen LogP contribution < -0.4 is 0 Å². The smallest absolute Gasteiger partial charge is 0.338 e. The number of ether oxygens (including phenoxy) is 1. The number of aromatic nitrogens is 1. The van der Waals surface area contributed by atoms with Crippen LogP contribution in [0.3, 0.4) is 0 Å². The van der Waals surface area contributed by atoms with Gasteiger partial charge in [0.15, 0.2) is 0 Å². The maximum Gasteiger partial charge on any atom is 0.338 e. The molecule has 0 unspecified atom stereocenters. The molecular formula is C12H10FNO2. The van der Waals surface area contributed by atoms with E-state index < -0.39 is 11.8 Å². The Balaban J connectivity index is 2.60. The zero-order chi connectivity index (χ0) is 11.5. The Labute approximate surface area is 91.9 Å². The number of rotatable bonds is 2. The molecule has 0 saturated heterocycles. The van der Waals surface area contributed by atoms with E-state index in [9.17, 15) is 9.18 Å². The van der Waals surface area contributed by atoms with Gasteiger partial charge >= 0.3 is 5.97 Å². The van der Waals surface area contributed by atoms with Gasteiger partial charge in [-0.1, -0.05) is 0 Å². The fourth-order valence-corrected chi connectivity index (χ4v) is 1.51. The first-order valence-corrected chi connectivity index (χ1v) is 4.93. The molecule has 2 aromatic rings. The number of carbonyl (C=O) groups excluding carboxylic acids is 1. The fourth-order valence-electron chi connectivity index (χ4n) is 1.51. The van der Waals surface area contributed by atoms with E-state index in [1.165, 1.54) is 30.5 Å². The van der Waals surface area contributed by atoms with Crippen molar-refractivity contribution in [3.63, 3.8) is 0 Å². The lowest BCUT2D eigenvalue weighted by Crippen LogP contribution is -2.05. The molecule has 2 rings (SSSR count). The molecule has 16 heavy (non-hydrogen) atoms. The molecule has 0 amide bonds. The topological polar surface area (TPSA) is 39.2 Å². The molecule has 82 valence electrons. The summed E-state index contributed by atoms with van der Waals surface area (Å²) in [6, 6.07) is 5.66. The molecule has 0 aliphatic carbocycles. The maximum atomic E-state index is 13.1. The summed E-state index contributed by atoms with van der Waals surface area (Å²) in [5, 5.41) is 0.473. The summed E-state index contributed by atoms with van der Waals surface area (Å²) >= 11 is 0. The van der Waals surface area contributed by atoms with Gasteiger partial charge in [0, 0.05) is 11.6 Å². The molecule has 0 atom stereocenters. The molecule has 0 aliphatic rings. The van der Waals surface area contributed by atoms with Crippen LogP contribution in [0.4, 0.5) is 4.39 Å². The number of halogens is 1. The molecule has 0 bridgehead atoms. The van der Waals surface area contributed by atoms with Crippen molar-refractivity contribution in [2.75, 3.05) is 6.61 Å². The second kappa shape index (κ2) is 4.26. The van der Waals surface area contributed by atoms with Gasteiger partial charge in [0.25, 0.3) is 0 Å². The molecule has 1 aromatic carbocycles. The zero-order valence-corrected chi connectivity index (χ0v) is 8.74. The standard InChI is InChI=1S/C12H10FNO2/c1-2-16-12(15)9-5-6-14-11-4-3-8(13)7-10(9)11/h3-7H,2H2,1H3. The Bertz CT molecular complexity index is 540. The van der Waals surface area contributed by atoms with Crippen molar-refractivity contribution in [1.29, 1.82) is 0 Å². The van der Waals surface area contributed by atoms with Crippen molar-refractivity contribution in [3.8, 4) is 0 Å². The fraction of sp³-hybridized carbons (Fsp3) is 0.167. The number of hydrogen-bond acceptors (Lipinski definition) is 3. The van der Waals surface area contributed by atoms with E-state index in [0.29, 0.717) is 16.5 Å². The van der Waals surface area contributed by atoms with Gasteiger partial charge in [0.1, 0.15) is 5.82 Å². The molecule has 0 N–H and O–H groups in total. The number of hydrogen-bond donors (Lipinski definition) is 0. The lowest BCUT2D eigenvalue weighted by atomic mass is 10.1. The highest BCUT2D eigenvalue weighted by Gasteiger charge is 2.11. The van der Waals surface area contributed by atoms with E-state index in [2.05, 4.69) is 4.98 Å². The number of carbonyl (C=O) groups is 1. The highest BCUT2D eigenvalue weighted by molar-refractivity contribution is 6.03. The Morgan fingerprint density at radius 2 is 2.25 bits per heavy atom. The normalized spacial score (nSPS) is 10.4. The van der Waals surface area contributed by atoms with Crippen molar-refractivity contribution < 1.29 is 13.9 Å². The maximum absolute atomic E-state index is 13.1. The second-order valence-corrected chi connectivity index (χ2v) is 3.24. The van der Waals surface area contributed by atoms with Crippen molar-refractivity contribution in [1.82, 2.24) is 4.98 Å². The summed E-state index contributed by atoms with van der Waals surface area (Å²) in [6.45, 7) is 2.01. The quantitative estimate of drug-likeness (QED) is 0.728. The number of nitrogens with zero attached hydrogens (tertiary/aromatic N) is 1. The van der Waals surface area contributed by atoms with E-state index in [4.69, 9.17) is 4.74 Å². The molecule has 4 heteroatoms. The number of esters is 1. The summed E-state index contributed by atoms with van der Waals surface area (Å²) < 4.78 is 18.0. The highest BCUT2D eigenvalue weighted by Crippen LogP contribution is 2.18. The molecule has 0 saturated carbocycles. The summed E-state index contributed by atoms with van der Waals surface area (Å²) in [6.07, 6.45) is 1.51. The average Bonchev–Trinajstić information content (AvgIpc) is 2.28. The summed E-state index contributed by atoms with van der Waals surface area (Å²) in [7, 11) is 0. The van der Waals surface area contributed by atoms with Crippen LogP contribution in [0.5, 0.6) is 0 Å². The Morgan fingerprint density at radius 1 is 1.44 bits per heavy atom. The first kappa shape index (κ1) is 10.5. The van der Waals surface area contributed by atoms with E-state index in [1.807, 2.05) is 0 Å². The van der Waals surface area contributed by atoms with Crippen LogP contribution in [0.2, 0.25) is 0 Å². The monoisotopic (exact) mass is 219 g/mol. The lowest BCUT2D eigenvalue weighted by molar-refractivity contribution is 0.0528. The molecule has 1 aromatic heterocycles. The van der Waals surface area contributed by atoms with Crippen molar-refractivity contribution in [2.24, 2.45) is 0 Å². The van der Waals surface area contributed by atoms with Crippen molar-refractivity contribution >= 4 is 16.9 Å². The highest BCUT2D eigenvalue weighted by atomic mass is 19.1. The first-order chi connectivity index (χ1) is 7.72. The van der Waals surface area contributed by atoms with E-state index in [-0.39, 0.29) is 6.61 Å². The molecule has 0 fully saturated rings. The van der Waals surface area contributed by atoms with Crippen LogP contribution in [-0.2, 0) is 4.74 Å². The van der Waals surface area contributed by atoms with Gasteiger partial charge < -0.3 is 4.74 Å². The van der Waals surface area contributed by atoms with Gasteiger partial charge in [0.05, 0.1) is 17.7 Å². The number of pyridine rings is 1. The van der Waals surface area contributed by atoms with E-state index >= 15 is 0 Å². The lowest BCUT2D eigenvalue weighted by Gasteiger charge is -2.05. The number of fused-ring (bicyclic) bond motifs is 1. The second-order valence-electron chi connectivity index (χ2n) is 3.24. The van der Waals surface area contributed by atoms with Gasteiger partial charge in [-0.3, -0.25) is 4.98 Å². The molecule has 0 aliphatic heterocycles. The molecule has 0 spiro atoms. The Morgan fingerprint density at radius 3 is 3.00 bits per heavy atom. The van der Waals surface area contributed by atoms with Gasteiger partial charge in [-0.2, -0.15) is 0 Å². The minimum Gasteiger partial charge on any atom is -0.462 e. The largest absolute Gasteiger partial charge is 0.462 e. The van der Waals surface area contributed by atoms with E-state index in [0.717, 1.165) is 0 Å². The van der Waals surface area contributed by atoms with Crippen molar-refractivity contribution in [2.45, 2.75) is 6.92 Å². The minimum absolute atomic E-state index is 0.290. The van der Waals surface area contributed by atoms with Crippen LogP contribution in [0.1, 0.15) is 17.3 Å². The molecule has 1 heterocycles. The first-order valence-electron chi connectivity index (χ1n) is 4.93. The van der Waals surface area contributed by atoms with Crippen LogP contribution in [-0.4, -0.2) is 17.6 Å². The van der Waals surface area contributed by atoms with Crippen molar-refractivity contribution in [3.05, 3.63) is 41.8 Å². The molecule has 0 radical (unpaired) electrons. The SMILES string of the molecule is CCOC(=O)c1ccnc2ccc(F)cc12. The third-order valence-electron chi connectivity index (χ3n) is 2.20. The summed E-state index contributed by atoms with van der Waals surface area (Å²) in [5.41, 5.74) is 0.915. The number of benzene rings is 1. The van der Waals surface area contributed by atoms with Gasteiger partial charge in [-0.25, -0.2) is 9.18 Å². The van der Waals surface area contributed by atoms with Gasteiger partial charge in [0.2, 0.25) is 0 Å². The molecular weight excluding hydrogens is 209 g/mol. The van der Waals surface area contributed by atoms with Crippen LogP contribution in [0.25, 0.3) is 10.9 Å². The average molecular weight is 219 g/mol. The third-order valence-corrected chi connectivity index (χ3v) is 2.20. The molecule has 3 nitrogen and oxygen atoms in total. The van der Waals surface area contributed by atoms with Crippen LogP contribution in [0.15, 0.2) is 30.5 Å². The van der Waals surface area contributed by atoms with Gasteiger partial charge in [-0.15, -0.1) is 0 Å². The van der Waals surface area contributed by atoms with Crippen LogP contribution in [0, 0.1) is 5.82 Å². The Kier molecular flexibility index (Phi) is 2.81. The third kappa shape index (κ3) is 1.86. The van der Waals surface area contributed by atoms with Gasteiger partial charge in [-0.05, 0) is 31.2 Å². The summed E-state index contributed by atoms with van der Waals surface area (Å²) in [5.74, 6) is -0.855. The van der Waals surface area contributed by atoms with E-state index in [1.54, 1.807) is 6.92 Å².